The van der Waals surface area contributed by atoms with Crippen molar-refractivity contribution < 1.29 is 9.53 Å². The zero-order valence-electron chi connectivity index (χ0n) is 9.93. The Balaban J connectivity index is 2.14. The molecule has 0 aromatic carbocycles. The van der Waals surface area contributed by atoms with Crippen molar-refractivity contribution >= 4 is 11.6 Å². The molecule has 2 N–H and O–H groups in total. The summed E-state index contributed by atoms with van der Waals surface area (Å²) in [6.07, 6.45) is 4.46. The second kappa shape index (κ2) is 4.81. The molecular formula is C12H17N3O2. The molecular weight excluding hydrogens is 218 g/mol. The minimum Gasteiger partial charge on any atom is -0.381 e. The van der Waals surface area contributed by atoms with Gasteiger partial charge in [0.15, 0.2) is 0 Å². The molecule has 0 bridgehead atoms. The van der Waals surface area contributed by atoms with Crippen molar-refractivity contribution in [2.45, 2.75) is 18.4 Å². The van der Waals surface area contributed by atoms with E-state index in [9.17, 15) is 4.79 Å². The highest BCUT2D eigenvalue weighted by Crippen LogP contribution is 2.22. The molecule has 1 fully saturated rings. The van der Waals surface area contributed by atoms with Gasteiger partial charge in [0.1, 0.15) is 5.54 Å². The van der Waals surface area contributed by atoms with E-state index in [1.165, 1.54) is 0 Å². The number of carbonyl (C=O) groups is 1. The number of pyridine rings is 1. The number of hydrogen-bond donors (Lipinski definition) is 1. The number of carbonyl (C=O) groups excluding carboxylic acids is 1. The largest absolute Gasteiger partial charge is 0.381 e. The monoisotopic (exact) mass is 235 g/mol. The summed E-state index contributed by atoms with van der Waals surface area (Å²) in [4.78, 5) is 17.9. The summed E-state index contributed by atoms with van der Waals surface area (Å²) in [5.41, 5.74) is 6.10. The molecule has 0 saturated carbocycles. The second-order valence-corrected chi connectivity index (χ2v) is 4.34. The summed E-state index contributed by atoms with van der Waals surface area (Å²) in [5, 5.41) is 0. The predicted molar refractivity (Wildman–Crippen MR) is 64.6 cm³/mol. The van der Waals surface area contributed by atoms with Gasteiger partial charge in [-0.3, -0.25) is 9.78 Å². The number of amides is 1. The van der Waals surface area contributed by atoms with Crippen LogP contribution in [0.3, 0.4) is 0 Å². The number of ether oxygens (including phenoxy) is 1. The Morgan fingerprint density at radius 1 is 1.53 bits per heavy atom. The molecule has 0 unspecified atom stereocenters. The van der Waals surface area contributed by atoms with E-state index in [0.29, 0.717) is 26.1 Å². The summed E-state index contributed by atoms with van der Waals surface area (Å²) in [7, 11) is 1.73. The third kappa shape index (κ3) is 2.45. The highest BCUT2D eigenvalue weighted by Gasteiger charge is 2.38. The normalized spacial score (nSPS) is 18.7. The fourth-order valence-corrected chi connectivity index (χ4v) is 1.95. The number of anilines is 1. The van der Waals surface area contributed by atoms with Crippen molar-refractivity contribution in [3.63, 3.8) is 0 Å². The lowest BCUT2D eigenvalue weighted by Gasteiger charge is -2.35. The minimum absolute atomic E-state index is 0.0752. The number of aromatic nitrogens is 1. The number of nitrogens with two attached hydrogens (primary N) is 1. The average Bonchev–Trinajstić information content (AvgIpc) is 2.39. The van der Waals surface area contributed by atoms with Crippen molar-refractivity contribution in [3.05, 3.63) is 24.5 Å². The fourth-order valence-electron chi connectivity index (χ4n) is 1.95. The SMILES string of the molecule is CN(C(=O)C1(N)CCOCC1)c1cccnc1. The molecule has 1 aliphatic rings. The summed E-state index contributed by atoms with van der Waals surface area (Å²) in [5.74, 6) is -0.0752. The van der Waals surface area contributed by atoms with Gasteiger partial charge in [-0.25, -0.2) is 0 Å². The molecule has 1 amide bonds. The lowest BCUT2D eigenvalue weighted by molar-refractivity contribution is -0.126. The molecule has 5 nitrogen and oxygen atoms in total. The van der Waals surface area contributed by atoms with E-state index >= 15 is 0 Å². The Hall–Kier alpha value is -1.46. The lowest BCUT2D eigenvalue weighted by atomic mass is 9.90. The molecule has 2 heterocycles. The molecule has 0 atom stereocenters. The van der Waals surface area contributed by atoms with Gasteiger partial charge in [-0.15, -0.1) is 0 Å². The minimum atomic E-state index is -0.803. The first-order valence-corrected chi connectivity index (χ1v) is 5.68. The summed E-state index contributed by atoms with van der Waals surface area (Å²) >= 11 is 0. The number of nitrogens with zero attached hydrogens (tertiary/aromatic N) is 2. The van der Waals surface area contributed by atoms with Crippen molar-refractivity contribution in [2.75, 3.05) is 25.2 Å². The highest BCUT2D eigenvalue weighted by atomic mass is 16.5. The van der Waals surface area contributed by atoms with Gasteiger partial charge < -0.3 is 15.4 Å². The Bertz CT molecular complexity index is 388. The average molecular weight is 235 g/mol. The Morgan fingerprint density at radius 2 is 2.24 bits per heavy atom. The van der Waals surface area contributed by atoms with Gasteiger partial charge in [-0.1, -0.05) is 0 Å². The van der Waals surface area contributed by atoms with Crippen LogP contribution in [0.5, 0.6) is 0 Å². The first-order chi connectivity index (χ1) is 8.13. The van der Waals surface area contributed by atoms with Crippen LogP contribution >= 0.6 is 0 Å². The van der Waals surface area contributed by atoms with E-state index in [1.54, 1.807) is 30.4 Å². The number of hydrogen-bond acceptors (Lipinski definition) is 4. The molecule has 0 radical (unpaired) electrons. The number of rotatable bonds is 2. The first kappa shape index (κ1) is 12.0. The van der Waals surface area contributed by atoms with Crippen molar-refractivity contribution in [1.82, 2.24) is 4.98 Å². The molecule has 2 rings (SSSR count). The summed E-state index contributed by atoms with van der Waals surface area (Å²) in [6, 6.07) is 3.64. The Kier molecular flexibility index (Phi) is 3.40. The predicted octanol–water partition coefficient (Wildman–Crippen LogP) is 0.552. The van der Waals surface area contributed by atoms with Gasteiger partial charge in [0.2, 0.25) is 5.91 Å². The van der Waals surface area contributed by atoms with Crippen molar-refractivity contribution in [1.29, 1.82) is 0 Å². The zero-order valence-corrected chi connectivity index (χ0v) is 9.93. The van der Waals surface area contributed by atoms with Crippen LogP contribution < -0.4 is 10.6 Å². The van der Waals surface area contributed by atoms with E-state index in [-0.39, 0.29) is 5.91 Å². The van der Waals surface area contributed by atoms with Crippen LogP contribution in [0.25, 0.3) is 0 Å². The van der Waals surface area contributed by atoms with Crippen LogP contribution in [0.15, 0.2) is 24.5 Å². The molecule has 1 aliphatic heterocycles. The second-order valence-electron chi connectivity index (χ2n) is 4.34. The van der Waals surface area contributed by atoms with Crippen LogP contribution in [-0.4, -0.2) is 36.7 Å². The van der Waals surface area contributed by atoms with E-state index in [2.05, 4.69) is 4.98 Å². The van der Waals surface area contributed by atoms with Gasteiger partial charge >= 0.3 is 0 Å². The van der Waals surface area contributed by atoms with Crippen LogP contribution in [-0.2, 0) is 9.53 Å². The molecule has 5 heteroatoms. The van der Waals surface area contributed by atoms with E-state index < -0.39 is 5.54 Å². The van der Waals surface area contributed by atoms with Gasteiger partial charge in [-0.2, -0.15) is 0 Å². The van der Waals surface area contributed by atoms with Crippen molar-refractivity contribution in [2.24, 2.45) is 5.73 Å². The Morgan fingerprint density at radius 3 is 2.82 bits per heavy atom. The standard InChI is InChI=1S/C12H17N3O2/c1-15(10-3-2-6-14-9-10)11(16)12(13)4-7-17-8-5-12/h2-3,6,9H,4-5,7-8,13H2,1H3. The summed E-state index contributed by atoms with van der Waals surface area (Å²) in [6.45, 7) is 1.09. The van der Waals surface area contributed by atoms with E-state index in [4.69, 9.17) is 10.5 Å². The van der Waals surface area contributed by atoms with Crippen molar-refractivity contribution in [3.8, 4) is 0 Å². The van der Waals surface area contributed by atoms with Gasteiger partial charge in [0.05, 0.1) is 11.9 Å². The Labute approximate surface area is 101 Å². The van der Waals surface area contributed by atoms with E-state index in [0.717, 1.165) is 5.69 Å². The van der Waals surface area contributed by atoms with Gasteiger partial charge in [-0.05, 0) is 25.0 Å². The molecule has 92 valence electrons. The van der Waals surface area contributed by atoms with Crippen LogP contribution in [0, 0.1) is 0 Å². The smallest absolute Gasteiger partial charge is 0.247 e. The summed E-state index contributed by atoms with van der Waals surface area (Å²) < 4.78 is 5.24. The maximum atomic E-state index is 12.3. The molecule has 17 heavy (non-hydrogen) atoms. The molecule has 1 aromatic heterocycles. The maximum absolute atomic E-state index is 12.3. The van der Waals surface area contributed by atoms with Crippen LogP contribution in [0.4, 0.5) is 5.69 Å². The van der Waals surface area contributed by atoms with Crippen LogP contribution in [0.2, 0.25) is 0 Å². The maximum Gasteiger partial charge on any atom is 0.247 e. The first-order valence-electron chi connectivity index (χ1n) is 5.68. The van der Waals surface area contributed by atoms with Gasteiger partial charge in [0.25, 0.3) is 0 Å². The van der Waals surface area contributed by atoms with Gasteiger partial charge in [0, 0.05) is 26.5 Å². The molecule has 0 spiro atoms. The van der Waals surface area contributed by atoms with E-state index in [1.807, 2.05) is 6.07 Å². The molecule has 1 aromatic rings. The zero-order chi connectivity index (χ0) is 12.3. The lowest BCUT2D eigenvalue weighted by Crippen LogP contribution is -2.57. The number of likely N-dealkylation sites (N-methyl/N-ethyl adjacent to an activating group) is 1. The quantitative estimate of drug-likeness (QED) is 0.813. The molecule has 1 saturated heterocycles. The topological polar surface area (TPSA) is 68.5 Å². The third-order valence-electron chi connectivity index (χ3n) is 3.15. The highest BCUT2D eigenvalue weighted by molar-refractivity contribution is 5.99. The third-order valence-corrected chi connectivity index (χ3v) is 3.15. The molecule has 0 aliphatic carbocycles. The van der Waals surface area contributed by atoms with Crippen LogP contribution in [0.1, 0.15) is 12.8 Å². The fraction of sp³-hybridized carbons (Fsp3) is 0.500.